The predicted molar refractivity (Wildman–Crippen MR) is 67.5 cm³/mol. The normalized spacial score (nSPS) is 13.3. The van der Waals surface area contributed by atoms with Crippen molar-refractivity contribution in [3.63, 3.8) is 0 Å². The van der Waals surface area contributed by atoms with Crippen molar-refractivity contribution in [2.75, 3.05) is 0 Å². The second-order valence-corrected chi connectivity index (χ2v) is 5.56. The van der Waals surface area contributed by atoms with Crippen molar-refractivity contribution in [1.29, 1.82) is 5.41 Å². The second kappa shape index (κ2) is 5.29. The van der Waals surface area contributed by atoms with Crippen molar-refractivity contribution in [2.45, 2.75) is 31.2 Å². The number of benzene rings is 1. The van der Waals surface area contributed by atoms with Gasteiger partial charge in [-0.2, -0.15) is 0 Å². The van der Waals surface area contributed by atoms with E-state index in [9.17, 15) is 8.42 Å². The molecule has 5 nitrogen and oxygen atoms in total. The van der Waals surface area contributed by atoms with Gasteiger partial charge in [0.2, 0.25) is 10.0 Å². The molecule has 0 aliphatic heterocycles. The minimum atomic E-state index is -3.60. The molecule has 1 unspecified atom stereocenters. The van der Waals surface area contributed by atoms with Crippen molar-refractivity contribution in [1.82, 2.24) is 4.72 Å². The zero-order valence-corrected chi connectivity index (χ0v) is 10.7. The van der Waals surface area contributed by atoms with Crippen LogP contribution in [0, 0.1) is 12.3 Å². The van der Waals surface area contributed by atoms with Crippen molar-refractivity contribution < 1.29 is 8.42 Å². The Morgan fingerprint density at radius 1 is 1.41 bits per heavy atom. The van der Waals surface area contributed by atoms with Crippen LogP contribution in [0.2, 0.25) is 0 Å². The standard InChI is InChI=1S/C11H17N3O2S/c1-3-10(11(12)13)14-17(15,16)9-6-4-8(2)5-7-9/h4-7,10,14H,3H2,1-2H3,(H3,12,13). The minimum absolute atomic E-state index is 0.178. The highest BCUT2D eigenvalue weighted by molar-refractivity contribution is 7.89. The summed E-state index contributed by atoms with van der Waals surface area (Å²) in [4.78, 5) is 0.183. The van der Waals surface area contributed by atoms with E-state index in [4.69, 9.17) is 11.1 Å². The van der Waals surface area contributed by atoms with E-state index in [1.54, 1.807) is 19.1 Å². The van der Waals surface area contributed by atoms with Gasteiger partial charge in [0.05, 0.1) is 10.9 Å². The maximum absolute atomic E-state index is 12.0. The summed E-state index contributed by atoms with van der Waals surface area (Å²) in [6.07, 6.45) is 0.445. The van der Waals surface area contributed by atoms with Crippen LogP contribution in [-0.2, 0) is 10.0 Å². The van der Waals surface area contributed by atoms with Gasteiger partial charge in [0, 0.05) is 0 Å². The lowest BCUT2D eigenvalue weighted by molar-refractivity contribution is 0.571. The van der Waals surface area contributed by atoms with E-state index in [1.165, 1.54) is 12.1 Å². The molecule has 0 heterocycles. The number of nitrogens with one attached hydrogen (secondary N) is 2. The molecule has 0 saturated carbocycles. The van der Waals surface area contributed by atoms with E-state index in [0.717, 1.165) is 5.56 Å². The Morgan fingerprint density at radius 3 is 2.35 bits per heavy atom. The first-order chi connectivity index (χ1) is 7.86. The summed E-state index contributed by atoms with van der Waals surface area (Å²) >= 11 is 0. The fraction of sp³-hybridized carbons (Fsp3) is 0.364. The molecule has 0 bridgehead atoms. The lowest BCUT2D eigenvalue weighted by atomic mass is 10.2. The van der Waals surface area contributed by atoms with Crippen molar-refractivity contribution in [2.24, 2.45) is 5.73 Å². The van der Waals surface area contributed by atoms with Gasteiger partial charge in [0.15, 0.2) is 0 Å². The number of nitrogens with two attached hydrogens (primary N) is 1. The van der Waals surface area contributed by atoms with Crippen LogP contribution in [0.15, 0.2) is 29.2 Å². The molecule has 1 atom stereocenters. The zero-order valence-electron chi connectivity index (χ0n) is 9.90. The highest BCUT2D eigenvalue weighted by Gasteiger charge is 2.20. The Kier molecular flexibility index (Phi) is 4.25. The van der Waals surface area contributed by atoms with Gasteiger partial charge in [-0.15, -0.1) is 0 Å². The van der Waals surface area contributed by atoms with Gasteiger partial charge in [-0.1, -0.05) is 24.6 Å². The van der Waals surface area contributed by atoms with E-state index < -0.39 is 16.1 Å². The quantitative estimate of drug-likeness (QED) is 0.540. The summed E-state index contributed by atoms with van der Waals surface area (Å²) in [5.41, 5.74) is 6.30. The first-order valence-electron chi connectivity index (χ1n) is 5.29. The van der Waals surface area contributed by atoms with Crippen LogP contribution in [0.5, 0.6) is 0 Å². The number of sulfonamides is 1. The van der Waals surface area contributed by atoms with E-state index in [1.807, 2.05) is 6.92 Å². The fourth-order valence-electron chi connectivity index (χ4n) is 1.34. The summed E-state index contributed by atoms with van der Waals surface area (Å²) in [5, 5.41) is 7.28. The molecule has 94 valence electrons. The summed E-state index contributed by atoms with van der Waals surface area (Å²) in [6, 6.07) is 5.86. The van der Waals surface area contributed by atoms with E-state index in [2.05, 4.69) is 4.72 Å². The average molecular weight is 255 g/mol. The molecule has 0 aliphatic rings. The number of rotatable bonds is 5. The number of hydrogen-bond acceptors (Lipinski definition) is 3. The van der Waals surface area contributed by atoms with E-state index in [0.29, 0.717) is 6.42 Å². The summed E-state index contributed by atoms with van der Waals surface area (Å²) < 4.78 is 26.3. The zero-order chi connectivity index (χ0) is 13.1. The molecule has 0 radical (unpaired) electrons. The molecule has 1 rings (SSSR count). The third kappa shape index (κ3) is 3.54. The van der Waals surface area contributed by atoms with Crippen LogP contribution in [0.3, 0.4) is 0 Å². The van der Waals surface area contributed by atoms with Gasteiger partial charge in [-0.25, -0.2) is 13.1 Å². The van der Waals surface area contributed by atoms with Gasteiger partial charge < -0.3 is 5.73 Å². The van der Waals surface area contributed by atoms with Crippen molar-refractivity contribution in [3.8, 4) is 0 Å². The molecule has 0 saturated heterocycles. The summed E-state index contributed by atoms with van der Waals surface area (Å²) in [7, 11) is -3.60. The number of aryl methyl sites for hydroxylation is 1. The fourth-order valence-corrected chi connectivity index (χ4v) is 2.64. The maximum atomic E-state index is 12.0. The van der Waals surface area contributed by atoms with Gasteiger partial charge in [-0.05, 0) is 25.5 Å². The lowest BCUT2D eigenvalue weighted by Gasteiger charge is -2.15. The van der Waals surface area contributed by atoms with Crippen LogP contribution < -0.4 is 10.5 Å². The lowest BCUT2D eigenvalue weighted by Crippen LogP contribution is -2.43. The minimum Gasteiger partial charge on any atom is -0.386 e. The van der Waals surface area contributed by atoms with Crippen LogP contribution in [0.25, 0.3) is 0 Å². The molecule has 17 heavy (non-hydrogen) atoms. The van der Waals surface area contributed by atoms with E-state index in [-0.39, 0.29) is 10.7 Å². The van der Waals surface area contributed by atoms with E-state index >= 15 is 0 Å². The van der Waals surface area contributed by atoms with Crippen LogP contribution >= 0.6 is 0 Å². The molecule has 0 amide bonds. The van der Waals surface area contributed by atoms with Gasteiger partial charge in [0.25, 0.3) is 0 Å². The first kappa shape index (κ1) is 13.7. The molecule has 1 aromatic rings. The van der Waals surface area contributed by atoms with Crippen molar-refractivity contribution >= 4 is 15.9 Å². The third-order valence-electron chi connectivity index (χ3n) is 2.41. The predicted octanol–water partition coefficient (Wildman–Crippen LogP) is 0.988. The highest BCUT2D eigenvalue weighted by Crippen LogP contribution is 2.11. The largest absolute Gasteiger partial charge is 0.386 e. The molecule has 1 aromatic carbocycles. The summed E-state index contributed by atoms with van der Waals surface area (Å²) in [5.74, 6) is -0.178. The number of hydrogen-bond donors (Lipinski definition) is 3. The second-order valence-electron chi connectivity index (χ2n) is 3.85. The number of amidine groups is 1. The Morgan fingerprint density at radius 2 is 1.94 bits per heavy atom. The third-order valence-corrected chi connectivity index (χ3v) is 3.90. The van der Waals surface area contributed by atoms with Gasteiger partial charge in [0.1, 0.15) is 5.84 Å². The molecular weight excluding hydrogens is 238 g/mol. The SMILES string of the molecule is CCC(NS(=O)(=O)c1ccc(C)cc1)C(=N)N. The maximum Gasteiger partial charge on any atom is 0.241 e. The van der Waals surface area contributed by atoms with Crippen LogP contribution in [0.4, 0.5) is 0 Å². The Hall–Kier alpha value is -1.40. The Bertz CT molecular complexity index is 494. The molecule has 0 spiro atoms. The Balaban J connectivity index is 2.96. The van der Waals surface area contributed by atoms with Crippen molar-refractivity contribution in [3.05, 3.63) is 29.8 Å². The molecule has 0 aliphatic carbocycles. The Labute approximate surface area is 102 Å². The van der Waals surface area contributed by atoms with Gasteiger partial charge in [-0.3, -0.25) is 5.41 Å². The molecule has 6 heteroatoms. The topological polar surface area (TPSA) is 96.0 Å². The summed E-state index contributed by atoms with van der Waals surface area (Å²) in [6.45, 7) is 3.65. The smallest absolute Gasteiger partial charge is 0.241 e. The van der Waals surface area contributed by atoms with Crippen LogP contribution in [0.1, 0.15) is 18.9 Å². The van der Waals surface area contributed by atoms with Gasteiger partial charge >= 0.3 is 0 Å². The van der Waals surface area contributed by atoms with Crippen LogP contribution in [-0.4, -0.2) is 20.3 Å². The molecule has 0 aromatic heterocycles. The highest BCUT2D eigenvalue weighted by atomic mass is 32.2. The average Bonchev–Trinajstić information content (AvgIpc) is 2.26. The monoisotopic (exact) mass is 255 g/mol. The molecule has 4 N–H and O–H groups in total. The first-order valence-corrected chi connectivity index (χ1v) is 6.78. The molecule has 0 fully saturated rings. The molecular formula is C11H17N3O2S.